The molecule has 1 aliphatic carbocycles. The smallest absolute Gasteiger partial charge is 0.198 e. The van der Waals surface area contributed by atoms with E-state index in [-0.39, 0.29) is 33.8 Å². The number of rotatable bonds is 7. The third-order valence-corrected chi connectivity index (χ3v) is 4.62. The van der Waals surface area contributed by atoms with E-state index >= 15 is 0 Å². The monoisotopic (exact) mass is 354 g/mol. The summed E-state index contributed by atoms with van der Waals surface area (Å²) in [5.41, 5.74) is 0.339. The molecule has 2 aromatic rings. The van der Waals surface area contributed by atoms with Gasteiger partial charge in [0.2, 0.25) is 0 Å². The van der Waals surface area contributed by atoms with Crippen molar-refractivity contribution in [3.05, 3.63) is 52.6 Å². The zero-order chi connectivity index (χ0) is 18.7. The van der Waals surface area contributed by atoms with Gasteiger partial charge >= 0.3 is 0 Å². The lowest BCUT2D eigenvalue weighted by atomic mass is 9.83. The minimum absolute atomic E-state index is 0.0255. The topological polar surface area (TPSA) is 83.8 Å². The molecule has 0 aliphatic heterocycles. The summed E-state index contributed by atoms with van der Waals surface area (Å²) in [7, 11) is 0. The lowest BCUT2D eigenvalue weighted by Crippen LogP contribution is -2.22. The molecule has 1 aliphatic rings. The number of phenolic OH excluding ortho intramolecular Hbond substituents is 2. The molecule has 0 aromatic heterocycles. The van der Waals surface area contributed by atoms with Gasteiger partial charge in [0, 0.05) is 17.2 Å². The van der Waals surface area contributed by atoms with Crippen molar-refractivity contribution in [2.24, 2.45) is 0 Å². The maximum absolute atomic E-state index is 12.9. The largest absolute Gasteiger partial charge is 0.504 e. The molecule has 0 heterocycles. The number of benzene rings is 2. The van der Waals surface area contributed by atoms with Gasteiger partial charge in [0.15, 0.2) is 23.1 Å². The first kappa shape index (κ1) is 18.0. The van der Waals surface area contributed by atoms with Gasteiger partial charge in [-0.1, -0.05) is 56.9 Å². The van der Waals surface area contributed by atoms with Crippen LogP contribution < -0.4 is 4.74 Å². The first-order chi connectivity index (χ1) is 12.6. The van der Waals surface area contributed by atoms with Crippen LogP contribution in [0.3, 0.4) is 0 Å². The summed E-state index contributed by atoms with van der Waals surface area (Å²) < 4.78 is 5.71. The van der Waals surface area contributed by atoms with Gasteiger partial charge in [0.05, 0.1) is 17.7 Å². The van der Waals surface area contributed by atoms with Gasteiger partial charge in [-0.25, -0.2) is 0 Å². The Morgan fingerprint density at radius 3 is 2.15 bits per heavy atom. The molecule has 2 N–H and O–H groups in total. The lowest BCUT2D eigenvalue weighted by Gasteiger charge is -2.21. The summed E-state index contributed by atoms with van der Waals surface area (Å²) in [6.45, 7) is 2.52. The highest BCUT2D eigenvalue weighted by Crippen LogP contribution is 2.43. The summed E-state index contributed by atoms with van der Waals surface area (Å²) in [6, 6.07) is 7.67. The Kier molecular flexibility index (Phi) is 5.26. The van der Waals surface area contributed by atoms with Crippen LogP contribution in [0, 0.1) is 0 Å². The van der Waals surface area contributed by atoms with E-state index in [9.17, 15) is 19.8 Å². The van der Waals surface area contributed by atoms with E-state index in [2.05, 4.69) is 6.92 Å². The maximum atomic E-state index is 12.9. The zero-order valence-corrected chi connectivity index (χ0v) is 14.7. The number of hydrogen-bond acceptors (Lipinski definition) is 5. The first-order valence-electron chi connectivity index (χ1n) is 8.96. The van der Waals surface area contributed by atoms with Crippen LogP contribution in [0.15, 0.2) is 30.3 Å². The predicted molar refractivity (Wildman–Crippen MR) is 97.3 cm³/mol. The predicted octanol–water partition coefficient (Wildman–Crippen LogP) is 4.22. The Balaban J connectivity index is 1.92. The number of ketones is 2. The van der Waals surface area contributed by atoms with E-state index in [1.807, 2.05) is 0 Å². The normalized spacial score (nSPS) is 12.7. The average Bonchev–Trinajstić information content (AvgIpc) is 2.65. The van der Waals surface area contributed by atoms with Crippen molar-refractivity contribution in [2.75, 3.05) is 6.61 Å². The van der Waals surface area contributed by atoms with Gasteiger partial charge in [0.1, 0.15) is 5.75 Å². The number of phenols is 2. The van der Waals surface area contributed by atoms with Crippen molar-refractivity contribution in [2.45, 2.75) is 39.0 Å². The Morgan fingerprint density at radius 1 is 0.885 bits per heavy atom. The molecule has 0 saturated heterocycles. The van der Waals surface area contributed by atoms with Crippen molar-refractivity contribution < 1.29 is 24.5 Å². The van der Waals surface area contributed by atoms with Crippen molar-refractivity contribution in [3.63, 3.8) is 0 Å². The van der Waals surface area contributed by atoms with E-state index in [0.29, 0.717) is 6.61 Å². The van der Waals surface area contributed by atoms with Gasteiger partial charge in [-0.15, -0.1) is 0 Å². The summed E-state index contributed by atoms with van der Waals surface area (Å²) in [4.78, 5) is 25.6. The molecule has 0 saturated carbocycles. The van der Waals surface area contributed by atoms with Gasteiger partial charge in [0.25, 0.3) is 0 Å². The number of hydrogen-bond donors (Lipinski definition) is 2. The molecule has 2 aromatic carbocycles. The minimum Gasteiger partial charge on any atom is -0.504 e. The second-order valence-corrected chi connectivity index (χ2v) is 6.46. The van der Waals surface area contributed by atoms with E-state index < -0.39 is 17.3 Å². The SMILES string of the molecule is CCCCCCCOc1cc(O)c(O)c2c1C(=O)c1ccccc1C2=O. The van der Waals surface area contributed by atoms with E-state index in [4.69, 9.17) is 4.74 Å². The fraction of sp³-hybridized carbons (Fsp3) is 0.333. The summed E-state index contributed by atoms with van der Waals surface area (Å²) in [5.74, 6) is -1.78. The third-order valence-electron chi connectivity index (χ3n) is 4.62. The van der Waals surface area contributed by atoms with Crippen molar-refractivity contribution in [3.8, 4) is 17.2 Å². The van der Waals surface area contributed by atoms with Crippen molar-refractivity contribution in [1.29, 1.82) is 0 Å². The van der Waals surface area contributed by atoms with Gasteiger partial charge in [-0.05, 0) is 6.42 Å². The van der Waals surface area contributed by atoms with Crippen LogP contribution in [0.5, 0.6) is 17.2 Å². The number of ether oxygens (including phenoxy) is 1. The Bertz CT molecular complexity index is 854. The van der Waals surface area contributed by atoms with Crippen LogP contribution in [0.1, 0.15) is 70.9 Å². The molecule has 3 rings (SSSR count). The van der Waals surface area contributed by atoms with Crippen LogP contribution in [0.2, 0.25) is 0 Å². The zero-order valence-electron chi connectivity index (χ0n) is 14.7. The molecule has 0 fully saturated rings. The van der Waals surface area contributed by atoms with Gasteiger partial charge in [-0.3, -0.25) is 9.59 Å². The molecule has 0 amide bonds. The molecular weight excluding hydrogens is 332 g/mol. The van der Waals surface area contributed by atoms with Crippen LogP contribution >= 0.6 is 0 Å². The Hall–Kier alpha value is -2.82. The van der Waals surface area contributed by atoms with E-state index in [0.717, 1.165) is 25.7 Å². The fourth-order valence-electron chi connectivity index (χ4n) is 3.23. The third kappa shape index (κ3) is 3.17. The maximum Gasteiger partial charge on any atom is 0.198 e. The van der Waals surface area contributed by atoms with E-state index in [1.165, 1.54) is 18.6 Å². The average molecular weight is 354 g/mol. The number of carbonyl (C=O) groups is 2. The van der Waals surface area contributed by atoms with Gasteiger partial charge < -0.3 is 14.9 Å². The number of carbonyl (C=O) groups excluding carboxylic acids is 2. The highest BCUT2D eigenvalue weighted by Gasteiger charge is 2.36. The van der Waals surface area contributed by atoms with Crippen LogP contribution in [0.25, 0.3) is 0 Å². The Labute approximate surface area is 152 Å². The minimum atomic E-state index is -0.580. The summed E-state index contributed by atoms with van der Waals surface area (Å²) in [5, 5.41) is 20.2. The standard InChI is InChI=1S/C21H22O5/c1-2-3-4-5-8-11-26-16-12-15(22)21(25)18-17(16)19(23)13-9-6-7-10-14(13)20(18)24/h6-7,9-10,12,22,25H,2-5,8,11H2,1H3. The number of aromatic hydroxyl groups is 2. The number of unbranched alkanes of at least 4 members (excludes halogenated alkanes) is 4. The van der Waals surface area contributed by atoms with Crippen molar-refractivity contribution >= 4 is 11.6 Å². The van der Waals surface area contributed by atoms with Gasteiger partial charge in [-0.2, -0.15) is 0 Å². The summed E-state index contributed by atoms with van der Waals surface area (Å²) in [6.07, 6.45) is 5.25. The first-order valence-corrected chi connectivity index (χ1v) is 8.96. The van der Waals surface area contributed by atoms with Crippen LogP contribution in [-0.4, -0.2) is 28.4 Å². The van der Waals surface area contributed by atoms with Crippen LogP contribution in [0.4, 0.5) is 0 Å². The molecule has 26 heavy (non-hydrogen) atoms. The molecular formula is C21H22O5. The number of fused-ring (bicyclic) bond motifs is 2. The molecule has 0 spiro atoms. The molecule has 136 valence electrons. The molecule has 0 atom stereocenters. The highest BCUT2D eigenvalue weighted by molar-refractivity contribution is 6.30. The second-order valence-electron chi connectivity index (χ2n) is 6.46. The second kappa shape index (κ2) is 7.60. The van der Waals surface area contributed by atoms with Crippen molar-refractivity contribution in [1.82, 2.24) is 0 Å². The molecule has 0 radical (unpaired) electrons. The summed E-state index contributed by atoms with van der Waals surface area (Å²) >= 11 is 0. The highest BCUT2D eigenvalue weighted by atomic mass is 16.5. The van der Waals surface area contributed by atoms with E-state index in [1.54, 1.807) is 18.2 Å². The molecule has 5 nitrogen and oxygen atoms in total. The molecule has 0 bridgehead atoms. The fourth-order valence-corrected chi connectivity index (χ4v) is 3.23. The quantitative estimate of drug-likeness (QED) is 0.490. The molecule has 5 heteroatoms. The lowest BCUT2D eigenvalue weighted by molar-refractivity contribution is 0.0972. The van der Waals surface area contributed by atoms with Crippen LogP contribution in [-0.2, 0) is 0 Å². The molecule has 0 unspecified atom stereocenters. The Morgan fingerprint density at radius 2 is 1.50 bits per heavy atom.